The van der Waals surface area contributed by atoms with Crippen LogP contribution in [0, 0.1) is 6.92 Å². The lowest BCUT2D eigenvalue weighted by Crippen LogP contribution is -2.09. The molecule has 34 heavy (non-hydrogen) atoms. The van der Waals surface area contributed by atoms with Gasteiger partial charge in [0.2, 0.25) is 0 Å². The number of benzene rings is 1. The van der Waals surface area contributed by atoms with Crippen LogP contribution in [0.1, 0.15) is 18.7 Å². The number of imidazole rings is 1. The van der Waals surface area contributed by atoms with E-state index in [0.29, 0.717) is 11.9 Å². The number of aromatic amines is 2. The van der Waals surface area contributed by atoms with Gasteiger partial charge >= 0.3 is 0 Å². The third-order valence-electron chi connectivity index (χ3n) is 5.69. The van der Waals surface area contributed by atoms with Gasteiger partial charge in [-0.25, -0.2) is 4.98 Å². The Bertz CT molecular complexity index is 1640. The highest BCUT2D eigenvalue weighted by Crippen LogP contribution is 2.34. The van der Waals surface area contributed by atoms with Gasteiger partial charge in [-0.1, -0.05) is 6.07 Å². The average molecular weight is 466 g/mol. The summed E-state index contributed by atoms with van der Waals surface area (Å²) >= 11 is 1.72. The lowest BCUT2D eigenvalue weighted by atomic mass is 10.0. The van der Waals surface area contributed by atoms with E-state index in [1.54, 1.807) is 11.3 Å². The van der Waals surface area contributed by atoms with Gasteiger partial charge in [-0.15, -0.1) is 11.3 Å². The van der Waals surface area contributed by atoms with Crippen molar-refractivity contribution in [2.45, 2.75) is 26.8 Å². The fourth-order valence-corrected chi connectivity index (χ4v) is 5.04. The number of aromatic nitrogens is 6. The van der Waals surface area contributed by atoms with Crippen LogP contribution >= 0.6 is 11.3 Å². The Kier molecular flexibility index (Phi) is 4.88. The van der Waals surface area contributed by atoms with Crippen molar-refractivity contribution < 1.29 is 0 Å². The zero-order valence-corrected chi connectivity index (χ0v) is 19.9. The first-order valence-electron chi connectivity index (χ1n) is 11.2. The molecule has 5 aromatic heterocycles. The standard InChI is InChI=1S/C26H23N7S/c1-14(2)29-18-10-17(12-27-13-18)16-5-6-20-19(11-16)23(33-32-20)26-30-21-8-9-28-25(24(21)31-26)22-7-4-15(3)34-22/h4-14,29H,1-3H3,(H,30,31)(H,32,33). The molecule has 0 saturated heterocycles. The molecule has 0 spiro atoms. The van der Waals surface area contributed by atoms with E-state index in [0.717, 1.165) is 55.0 Å². The van der Waals surface area contributed by atoms with Gasteiger partial charge in [0.05, 0.1) is 21.6 Å². The number of nitrogens with one attached hydrogen (secondary N) is 3. The molecule has 0 aliphatic carbocycles. The number of thiophene rings is 1. The highest BCUT2D eigenvalue weighted by molar-refractivity contribution is 7.15. The van der Waals surface area contributed by atoms with E-state index in [1.807, 2.05) is 30.7 Å². The predicted molar refractivity (Wildman–Crippen MR) is 139 cm³/mol. The maximum absolute atomic E-state index is 4.92. The molecule has 6 aromatic rings. The second-order valence-corrected chi connectivity index (χ2v) is 9.93. The molecule has 3 N–H and O–H groups in total. The molecule has 168 valence electrons. The first-order valence-corrected chi connectivity index (χ1v) is 12.0. The zero-order valence-electron chi connectivity index (χ0n) is 19.0. The molecule has 0 amide bonds. The summed E-state index contributed by atoms with van der Waals surface area (Å²) < 4.78 is 0. The molecule has 0 saturated carbocycles. The first-order chi connectivity index (χ1) is 16.5. The molecule has 0 unspecified atom stereocenters. The average Bonchev–Trinajstić information content (AvgIpc) is 3.55. The third-order valence-corrected chi connectivity index (χ3v) is 6.70. The van der Waals surface area contributed by atoms with Gasteiger partial charge in [0.15, 0.2) is 5.82 Å². The van der Waals surface area contributed by atoms with Crippen LogP contribution in [0.3, 0.4) is 0 Å². The number of pyridine rings is 2. The van der Waals surface area contributed by atoms with E-state index in [-0.39, 0.29) is 0 Å². The van der Waals surface area contributed by atoms with Crippen LogP contribution in [0.5, 0.6) is 0 Å². The Morgan fingerprint density at radius 3 is 2.68 bits per heavy atom. The van der Waals surface area contributed by atoms with E-state index in [1.165, 1.54) is 4.88 Å². The van der Waals surface area contributed by atoms with Gasteiger partial charge in [-0.3, -0.25) is 15.1 Å². The van der Waals surface area contributed by atoms with Crippen LogP contribution in [0.15, 0.2) is 61.1 Å². The van der Waals surface area contributed by atoms with Crippen molar-refractivity contribution in [2.75, 3.05) is 5.32 Å². The van der Waals surface area contributed by atoms with Crippen molar-refractivity contribution in [1.29, 1.82) is 0 Å². The van der Waals surface area contributed by atoms with Crippen LogP contribution in [0.4, 0.5) is 5.69 Å². The van der Waals surface area contributed by atoms with Gasteiger partial charge < -0.3 is 10.3 Å². The number of rotatable bonds is 5. The molecule has 7 nitrogen and oxygen atoms in total. The SMILES string of the molecule is Cc1ccc(-c2nccc3[nH]c(-c4n[nH]c5ccc(-c6cncc(NC(C)C)c6)cc45)nc23)s1. The Balaban J connectivity index is 1.45. The Labute approximate surface area is 200 Å². The maximum Gasteiger partial charge on any atom is 0.159 e. The molecular formula is C26H23N7S. The number of aryl methyl sites for hydroxylation is 1. The number of fused-ring (bicyclic) bond motifs is 2. The number of nitrogens with zero attached hydrogens (tertiary/aromatic N) is 4. The van der Waals surface area contributed by atoms with Gasteiger partial charge in [0.25, 0.3) is 0 Å². The van der Waals surface area contributed by atoms with Crippen molar-refractivity contribution in [3.05, 3.63) is 65.9 Å². The maximum atomic E-state index is 4.92. The fourth-order valence-electron chi connectivity index (χ4n) is 4.17. The molecule has 0 fully saturated rings. The fraction of sp³-hybridized carbons (Fsp3) is 0.154. The van der Waals surface area contributed by atoms with Crippen LogP contribution in [-0.4, -0.2) is 36.2 Å². The third kappa shape index (κ3) is 3.62. The van der Waals surface area contributed by atoms with Crippen LogP contribution in [-0.2, 0) is 0 Å². The topological polar surface area (TPSA) is 95.2 Å². The van der Waals surface area contributed by atoms with Gasteiger partial charge in [-0.2, -0.15) is 5.10 Å². The summed E-state index contributed by atoms with van der Waals surface area (Å²) in [4.78, 5) is 19.8. The number of hydrogen-bond acceptors (Lipinski definition) is 6. The lowest BCUT2D eigenvalue weighted by Gasteiger charge is -2.11. The van der Waals surface area contributed by atoms with Gasteiger partial charge in [0, 0.05) is 40.5 Å². The highest BCUT2D eigenvalue weighted by Gasteiger charge is 2.17. The van der Waals surface area contributed by atoms with Crippen molar-refractivity contribution in [2.24, 2.45) is 0 Å². The predicted octanol–water partition coefficient (Wildman–Crippen LogP) is 6.42. The van der Waals surface area contributed by atoms with Crippen LogP contribution < -0.4 is 5.32 Å². The summed E-state index contributed by atoms with van der Waals surface area (Å²) in [6, 6.07) is 14.9. The number of anilines is 1. The summed E-state index contributed by atoms with van der Waals surface area (Å²) in [5, 5.41) is 12.2. The second kappa shape index (κ2) is 8.07. The summed E-state index contributed by atoms with van der Waals surface area (Å²) in [6.07, 6.45) is 5.55. The smallest absolute Gasteiger partial charge is 0.159 e. The van der Waals surface area contributed by atoms with Gasteiger partial charge in [-0.05, 0) is 62.7 Å². The lowest BCUT2D eigenvalue weighted by molar-refractivity contribution is 0.898. The first kappa shape index (κ1) is 20.6. The summed E-state index contributed by atoms with van der Waals surface area (Å²) in [7, 11) is 0. The molecule has 6 rings (SSSR count). The molecule has 0 aliphatic rings. The molecule has 0 radical (unpaired) electrons. The van der Waals surface area contributed by atoms with Crippen molar-refractivity contribution in [1.82, 2.24) is 30.1 Å². The van der Waals surface area contributed by atoms with E-state index < -0.39 is 0 Å². The quantitative estimate of drug-likeness (QED) is 0.273. The molecule has 8 heteroatoms. The minimum Gasteiger partial charge on any atom is -0.382 e. The molecule has 5 heterocycles. The molecule has 0 atom stereocenters. The monoisotopic (exact) mass is 465 g/mol. The van der Waals surface area contributed by atoms with Crippen molar-refractivity contribution in [3.63, 3.8) is 0 Å². The Morgan fingerprint density at radius 1 is 0.941 bits per heavy atom. The summed E-state index contributed by atoms with van der Waals surface area (Å²) in [6.45, 7) is 6.33. The normalized spacial score (nSPS) is 11.6. The molecule has 0 aliphatic heterocycles. The van der Waals surface area contributed by atoms with E-state index in [4.69, 9.17) is 4.98 Å². The summed E-state index contributed by atoms with van der Waals surface area (Å²) in [5.41, 5.74) is 7.53. The second-order valence-electron chi connectivity index (χ2n) is 8.65. The molecular weight excluding hydrogens is 442 g/mol. The summed E-state index contributed by atoms with van der Waals surface area (Å²) in [5.74, 6) is 0.717. The minimum atomic E-state index is 0.338. The zero-order chi connectivity index (χ0) is 23.2. The van der Waals surface area contributed by atoms with Gasteiger partial charge in [0.1, 0.15) is 16.9 Å². The van der Waals surface area contributed by atoms with Crippen molar-refractivity contribution in [3.8, 4) is 33.2 Å². The Morgan fingerprint density at radius 2 is 1.85 bits per heavy atom. The van der Waals surface area contributed by atoms with Crippen LogP contribution in [0.25, 0.3) is 55.2 Å². The van der Waals surface area contributed by atoms with E-state index in [2.05, 4.69) is 81.6 Å². The van der Waals surface area contributed by atoms with E-state index in [9.17, 15) is 0 Å². The number of hydrogen-bond donors (Lipinski definition) is 3. The van der Waals surface area contributed by atoms with E-state index >= 15 is 0 Å². The van der Waals surface area contributed by atoms with Crippen LogP contribution in [0.2, 0.25) is 0 Å². The largest absolute Gasteiger partial charge is 0.382 e. The minimum absolute atomic E-state index is 0.338. The molecule has 0 bridgehead atoms. The number of H-pyrrole nitrogens is 2. The Hall–Kier alpha value is -4.04. The van der Waals surface area contributed by atoms with Crippen molar-refractivity contribution >= 4 is 39.0 Å². The highest BCUT2D eigenvalue weighted by atomic mass is 32.1. The molecule has 1 aromatic carbocycles.